The van der Waals surface area contributed by atoms with Crippen LogP contribution in [-0.4, -0.2) is 57.3 Å². The molecule has 3 heterocycles. The van der Waals surface area contributed by atoms with Crippen LogP contribution in [0.4, 0.5) is 0 Å². The lowest BCUT2D eigenvalue weighted by Gasteiger charge is -2.21. The summed E-state index contributed by atoms with van der Waals surface area (Å²) in [5.74, 6) is 2.49. The number of imidazole rings is 1. The Labute approximate surface area is 153 Å². The Kier molecular flexibility index (Phi) is 4.60. The van der Waals surface area contributed by atoms with Crippen molar-refractivity contribution in [2.45, 2.75) is 18.8 Å². The topological polar surface area (TPSA) is 74.1 Å². The van der Waals surface area contributed by atoms with E-state index >= 15 is 0 Å². The quantitative estimate of drug-likeness (QED) is 0.556. The summed E-state index contributed by atoms with van der Waals surface area (Å²) in [4.78, 5) is 14.8. The molecular formula is C19H25N7. The summed E-state index contributed by atoms with van der Waals surface area (Å²) in [7, 11) is 3.82. The van der Waals surface area contributed by atoms with Crippen molar-refractivity contribution in [1.82, 2.24) is 30.0 Å². The summed E-state index contributed by atoms with van der Waals surface area (Å²) in [6.07, 6.45) is 6.07. The smallest absolute Gasteiger partial charge is 0.193 e. The predicted octanol–water partition coefficient (Wildman–Crippen LogP) is 1.90. The molecule has 4 rings (SSSR count). The minimum Gasteiger partial charge on any atom is -0.356 e. The number of hydrogen-bond donors (Lipinski definition) is 2. The number of aromatic amines is 1. The molecule has 0 aliphatic carbocycles. The van der Waals surface area contributed by atoms with Crippen molar-refractivity contribution in [2.75, 3.05) is 26.7 Å². The first-order valence-corrected chi connectivity index (χ1v) is 9.10. The standard InChI is InChI=1S/C19H25N7/c1-20-19(26-10-8-14(13-26)15-11-22-25(2)12-15)21-9-7-18-23-16-5-3-4-6-17(16)24-18/h3-6,11-12,14H,7-10,13H2,1-2H3,(H,20,21)(H,23,24). The van der Waals surface area contributed by atoms with Gasteiger partial charge in [-0.3, -0.25) is 9.67 Å². The summed E-state index contributed by atoms with van der Waals surface area (Å²) in [5.41, 5.74) is 3.42. The SMILES string of the molecule is CN=C(NCCc1nc2ccccc2[nH]1)N1CCC(c2cnn(C)c2)C1. The Morgan fingerprint density at radius 2 is 2.27 bits per heavy atom. The third-order valence-corrected chi connectivity index (χ3v) is 4.98. The van der Waals surface area contributed by atoms with Crippen LogP contribution in [0.2, 0.25) is 0 Å². The van der Waals surface area contributed by atoms with Crippen molar-refractivity contribution in [2.24, 2.45) is 12.0 Å². The summed E-state index contributed by atoms with van der Waals surface area (Å²) >= 11 is 0. The number of rotatable bonds is 4. The number of fused-ring (bicyclic) bond motifs is 1. The number of guanidine groups is 1. The maximum atomic E-state index is 4.63. The van der Waals surface area contributed by atoms with Crippen molar-refractivity contribution < 1.29 is 0 Å². The van der Waals surface area contributed by atoms with E-state index in [1.807, 2.05) is 43.2 Å². The predicted molar refractivity (Wildman–Crippen MR) is 103 cm³/mol. The van der Waals surface area contributed by atoms with Crippen LogP contribution in [0.3, 0.4) is 0 Å². The second-order valence-electron chi connectivity index (χ2n) is 6.80. The molecular weight excluding hydrogens is 326 g/mol. The molecule has 1 aromatic carbocycles. The van der Waals surface area contributed by atoms with Gasteiger partial charge in [-0.05, 0) is 24.1 Å². The van der Waals surface area contributed by atoms with E-state index in [-0.39, 0.29) is 0 Å². The van der Waals surface area contributed by atoms with Gasteiger partial charge in [0, 0.05) is 52.3 Å². The number of aliphatic imine (C=N–C) groups is 1. The Balaban J connectivity index is 1.32. The fourth-order valence-electron chi connectivity index (χ4n) is 3.62. The van der Waals surface area contributed by atoms with E-state index < -0.39 is 0 Å². The Morgan fingerprint density at radius 1 is 1.38 bits per heavy atom. The molecule has 2 N–H and O–H groups in total. The summed E-state index contributed by atoms with van der Waals surface area (Å²) in [6.45, 7) is 2.81. The van der Waals surface area contributed by atoms with E-state index in [4.69, 9.17) is 0 Å². The van der Waals surface area contributed by atoms with Gasteiger partial charge in [-0.25, -0.2) is 4.98 Å². The monoisotopic (exact) mass is 351 g/mol. The molecule has 1 saturated heterocycles. The van der Waals surface area contributed by atoms with Gasteiger partial charge in [0.1, 0.15) is 5.82 Å². The molecule has 0 amide bonds. The number of aryl methyl sites for hydroxylation is 1. The van der Waals surface area contributed by atoms with Crippen LogP contribution >= 0.6 is 0 Å². The number of hydrogen-bond acceptors (Lipinski definition) is 3. The highest BCUT2D eigenvalue weighted by Gasteiger charge is 2.26. The summed E-state index contributed by atoms with van der Waals surface area (Å²) < 4.78 is 1.87. The Hall–Kier alpha value is -2.83. The van der Waals surface area contributed by atoms with E-state index in [9.17, 15) is 0 Å². The molecule has 0 bridgehead atoms. The maximum Gasteiger partial charge on any atom is 0.193 e. The first-order valence-electron chi connectivity index (χ1n) is 9.10. The highest BCUT2D eigenvalue weighted by molar-refractivity contribution is 5.80. The molecule has 0 spiro atoms. The molecule has 26 heavy (non-hydrogen) atoms. The average molecular weight is 351 g/mol. The van der Waals surface area contributed by atoms with Crippen LogP contribution in [0.25, 0.3) is 11.0 Å². The molecule has 7 heteroatoms. The molecule has 3 aromatic rings. The van der Waals surface area contributed by atoms with E-state index in [0.29, 0.717) is 5.92 Å². The second kappa shape index (κ2) is 7.19. The van der Waals surface area contributed by atoms with Gasteiger partial charge < -0.3 is 15.2 Å². The highest BCUT2D eigenvalue weighted by Crippen LogP contribution is 2.26. The van der Waals surface area contributed by atoms with Crippen molar-refractivity contribution in [3.8, 4) is 0 Å². The summed E-state index contributed by atoms with van der Waals surface area (Å²) in [5, 5.41) is 7.77. The number of aromatic nitrogens is 4. The highest BCUT2D eigenvalue weighted by atomic mass is 15.3. The van der Waals surface area contributed by atoms with Crippen LogP contribution < -0.4 is 5.32 Å². The van der Waals surface area contributed by atoms with Gasteiger partial charge in [0.05, 0.1) is 17.2 Å². The average Bonchev–Trinajstić information content (AvgIpc) is 3.37. The van der Waals surface area contributed by atoms with Crippen LogP contribution in [0, 0.1) is 0 Å². The van der Waals surface area contributed by atoms with Gasteiger partial charge >= 0.3 is 0 Å². The Morgan fingerprint density at radius 3 is 3.04 bits per heavy atom. The molecule has 2 aromatic heterocycles. The van der Waals surface area contributed by atoms with E-state index in [0.717, 1.165) is 55.3 Å². The van der Waals surface area contributed by atoms with Gasteiger partial charge in [0.2, 0.25) is 0 Å². The number of H-pyrrole nitrogens is 1. The fraction of sp³-hybridized carbons (Fsp3) is 0.421. The molecule has 1 aliphatic rings. The zero-order valence-corrected chi connectivity index (χ0v) is 15.3. The molecule has 1 atom stereocenters. The van der Waals surface area contributed by atoms with Crippen molar-refractivity contribution >= 4 is 17.0 Å². The number of nitrogens with one attached hydrogen (secondary N) is 2. The molecule has 136 valence electrons. The van der Waals surface area contributed by atoms with E-state index in [1.54, 1.807) is 0 Å². The van der Waals surface area contributed by atoms with Crippen molar-refractivity contribution in [3.05, 3.63) is 48.0 Å². The lowest BCUT2D eigenvalue weighted by atomic mass is 10.0. The molecule has 1 aliphatic heterocycles. The van der Waals surface area contributed by atoms with E-state index in [1.165, 1.54) is 5.56 Å². The molecule has 0 saturated carbocycles. The van der Waals surface area contributed by atoms with Crippen molar-refractivity contribution in [3.63, 3.8) is 0 Å². The maximum absolute atomic E-state index is 4.63. The number of para-hydroxylation sites is 2. The largest absolute Gasteiger partial charge is 0.356 e. The first-order chi connectivity index (χ1) is 12.7. The number of benzene rings is 1. The van der Waals surface area contributed by atoms with Gasteiger partial charge in [0.25, 0.3) is 0 Å². The zero-order chi connectivity index (χ0) is 17.9. The minimum atomic E-state index is 0.526. The van der Waals surface area contributed by atoms with Crippen molar-refractivity contribution in [1.29, 1.82) is 0 Å². The number of likely N-dealkylation sites (tertiary alicyclic amines) is 1. The normalized spacial score (nSPS) is 18.0. The number of nitrogens with zero attached hydrogens (tertiary/aromatic N) is 5. The third-order valence-electron chi connectivity index (χ3n) is 4.98. The van der Waals surface area contributed by atoms with Crippen LogP contribution in [0.5, 0.6) is 0 Å². The van der Waals surface area contributed by atoms with Crippen LogP contribution in [0.15, 0.2) is 41.7 Å². The van der Waals surface area contributed by atoms with Crippen LogP contribution in [-0.2, 0) is 13.5 Å². The van der Waals surface area contributed by atoms with Crippen LogP contribution in [0.1, 0.15) is 23.7 Å². The zero-order valence-electron chi connectivity index (χ0n) is 15.3. The van der Waals surface area contributed by atoms with Gasteiger partial charge in [-0.15, -0.1) is 0 Å². The molecule has 1 unspecified atom stereocenters. The minimum absolute atomic E-state index is 0.526. The molecule has 1 fully saturated rings. The van der Waals surface area contributed by atoms with Gasteiger partial charge in [-0.2, -0.15) is 5.10 Å². The Bertz CT molecular complexity index is 874. The molecule has 0 radical (unpaired) electrons. The van der Waals surface area contributed by atoms with E-state index in [2.05, 4.69) is 42.5 Å². The lowest BCUT2D eigenvalue weighted by molar-refractivity contribution is 0.486. The van der Waals surface area contributed by atoms with Gasteiger partial charge in [-0.1, -0.05) is 12.1 Å². The van der Waals surface area contributed by atoms with Gasteiger partial charge in [0.15, 0.2) is 5.96 Å². The summed E-state index contributed by atoms with van der Waals surface area (Å²) in [6, 6.07) is 8.13. The fourth-order valence-corrected chi connectivity index (χ4v) is 3.62. The first kappa shape index (κ1) is 16.6. The third kappa shape index (κ3) is 3.42. The molecule has 7 nitrogen and oxygen atoms in total. The lowest BCUT2D eigenvalue weighted by Crippen LogP contribution is -2.40. The second-order valence-corrected chi connectivity index (χ2v) is 6.80.